The third kappa shape index (κ3) is 2.42. The van der Waals surface area contributed by atoms with Gasteiger partial charge in [0.05, 0.1) is 0 Å². The van der Waals surface area contributed by atoms with Crippen LogP contribution in [0.2, 0.25) is 0 Å². The molecule has 2 rings (SSSR count). The first-order chi connectivity index (χ1) is 8.82. The van der Waals surface area contributed by atoms with E-state index in [2.05, 4.69) is 50.0 Å². The Kier molecular flexibility index (Phi) is 3.74. The van der Waals surface area contributed by atoms with Gasteiger partial charge in [-0.25, -0.2) is 4.98 Å². The molecule has 0 amide bonds. The molecule has 1 N–H and O–H groups in total. The van der Waals surface area contributed by atoms with Gasteiger partial charge in [0.1, 0.15) is 12.2 Å². The smallest absolute Gasteiger partial charge is 0.138 e. The first-order valence-corrected chi connectivity index (χ1v) is 7.38. The third-order valence-corrected chi connectivity index (χ3v) is 5.40. The van der Waals surface area contributed by atoms with E-state index < -0.39 is 0 Å². The highest BCUT2D eigenvalue weighted by atomic mass is 15.3. The van der Waals surface area contributed by atoms with Gasteiger partial charge in [-0.2, -0.15) is 5.10 Å². The molecule has 1 unspecified atom stereocenters. The summed E-state index contributed by atoms with van der Waals surface area (Å²) >= 11 is 0. The second-order valence-electron chi connectivity index (χ2n) is 6.99. The second kappa shape index (κ2) is 4.89. The van der Waals surface area contributed by atoms with Crippen LogP contribution in [0, 0.1) is 16.7 Å². The summed E-state index contributed by atoms with van der Waals surface area (Å²) in [6, 6.07) is 0.493. The number of rotatable bonds is 6. The van der Waals surface area contributed by atoms with Crippen LogP contribution in [-0.2, 0) is 13.5 Å². The molecule has 1 heterocycles. The number of hydrogen-bond donors (Lipinski definition) is 1. The zero-order chi connectivity index (χ0) is 14.3. The average molecular weight is 264 g/mol. The molecule has 1 aromatic rings. The molecule has 0 spiro atoms. The molecule has 4 heteroatoms. The van der Waals surface area contributed by atoms with Gasteiger partial charge in [-0.3, -0.25) is 4.68 Å². The van der Waals surface area contributed by atoms with Crippen molar-refractivity contribution in [3.8, 4) is 0 Å². The van der Waals surface area contributed by atoms with Gasteiger partial charge >= 0.3 is 0 Å². The van der Waals surface area contributed by atoms with Crippen LogP contribution in [-0.4, -0.2) is 27.4 Å². The van der Waals surface area contributed by atoms with Crippen molar-refractivity contribution in [1.29, 1.82) is 0 Å². The maximum absolute atomic E-state index is 4.38. The molecule has 108 valence electrons. The Bertz CT molecular complexity index is 419. The van der Waals surface area contributed by atoms with Crippen molar-refractivity contribution in [2.24, 2.45) is 23.8 Å². The van der Waals surface area contributed by atoms with Gasteiger partial charge in [-0.15, -0.1) is 0 Å². The Morgan fingerprint density at radius 3 is 2.37 bits per heavy atom. The Labute approximate surface area is 117 Å². The summed E-state index contributed by atoms with van der Waals surface area (Å²) in [5.41, 5.74) is 0.800. The predicted molar refractivity (Wildman–Crippen MR) is 77.8 cm³/mol. The molecule has 0 saturated heterocycles. The normalized spacial score (nSPS) is 22.4. The van der Waals surface area contributed by atoms with Gasteiger partial charge in [0.25, 0.3) is 0 Å². The molecule has 4 nitrogen and oxygen atoms in total. The van der Waals surface area contributed by atoms with E-state index in [1.807, 2.05) is 11.7 Å². The molecule has 0 aromatic carbocycles. The number of nitrogens with zero attached hydrogens (tertiary/aromatic N) is 3. The molecule has 0 radical (unpaired) electrons. The van der Waals surface area contributed by atoms with E-state index in [0.29, 0.717) is 22.8 Å². The molecule has 1 saturated carbocycles. The molecule has 1 atom stereocenters. The summed E-state index contributed by atoms with van der Waals surface area (Å²) in [6.45, 7) is 12.8. The fourth-order valence-corrected chi connectivity index (χ4v) is 3.59. The van der Waals surface area contributed by atoms with Crippen LogP contribution in [0.1, 0.15) is 46.9 Å². The van der Waals surface area contributed by atoms with Crippen LogP contribution in [0.4, 0.5) is 0 Å². The first kappa shape index (κ1) is 14.5. The molecular weight excluding hydrogens is 236 g/mol. The highest BCUT2D eigenvalue weighted by Gasteiger charge is 2.66. The Balaban J connectivity index is 2.12. The standard InChI is InChI=1S/C15H28N4/c1-7-8-16-11(9-12-17-10-18-19(12)6)13-14(2,3)15(13,4)5/h10-11,13,16H,7-9H2,1-6H3. The average Bonchev–Trinajstić information content (AvgIpc) is 2.63. The third-order valence-electron chi connectivity index (χ3n) is 5.40. The van der Waals surface area contributed by atoms with Gasteiger partial charge in [0.15, 0.2) is 0 Å². The van der Waals surface area contributed by atoms with E-state index >= 15 is 0 Å². The number of hydrogen-bond acceptors (Lipinski definition) is 3. The predicted octanol–water partition coefficient (Wildman–Crippen LogP) is 2.41. The van der Waals surface area contributed by atoms with Crippen molar-refractivity contribution in [2.45, 2.75) is 53.5 Å². The van der Waals surface area contributed by atoms with E-state index in [0.717, 1.165) is 18.8 Å². The van der Waals surface area contributed by atoms with Crippen LogP contribution in [0.5, 0.6) is 0 Å². The number of nitrogens with one attached hydrogen (secondary N) is 1. The molecule has 1 fully saturated rings. The SMILES string of the molecule is CCCNC(Cc1ncnn1C)C1C(C)(C)C1(C)C. The van der Waals surface area contributed by atoms with E-state index in [1.165, 1.54) is 6.42 Å². The highest BCUT2D eigenvalue weighted by Crippen LogP contribution is 2.69. The minimum Gasteiger partial charge on any atom is -0.313 e. The van der Waals surface area contributed by atoms with Crippen LogP contribution in [0.3, 0.4) is 0 Å². The first-order valence-electron chi connectivity index (χ1n) is 7.38. The summed E-state index contributed by atoms with van der Waals surface area (Å²) in [6.07, 6.45) is 3.78. The van der Waals surface area contributed by atoms with Gasteiger partial charge in [0.2, 0.25) is 0 Å². The maximum Gasteiger partial charge on any atom is 0.138 e. The van der Waals surface area contributed by atoms with Crippen LogP contribution >= 0.6 is 0 Å². The quantitative estimate of drug-likeness (QED) is 0.858. The Hall–Kier alpha value is -0.900. The van der Waals surface area contributed by atoms with Crippen molar-refractivity contribution in [3.63, 3.8) is 0 Å². The second-order valence-corrected chi connectivity index (χ2v) is 6.99. The molecule has 1 aliphatic carbocycles. The van der Waals surface area contributed by atoms with Crippen LogP contribution in [0.15, 0.2) is 6.33 Å². The van der Waals surface area contributed by atoms with Crippen molar-refractivity contribution in [3.05, 3.63) is 12.2 Å². The lowest BCUT2D eigenvalue weighted by atomic mass is 10.0. The molecule has 0 aliphatic heterocycles. The van der Waals surface area contributed by atoms with Crippen molar-refractivity contribution in [1.82, 2.24) is 20.1 Å². The summed E-state index contributed by atoms with van der Waals surface area (Å²) < 4.78 is 1.89. The minimum atomic E-state index is 0.400. The van der Waals surface area contributed by atoms with Gasteiger partial charge in [-0.1, -0.05) is 34.6 Å². The zero-order valence-electron chi connectivity index (χ0n) is 13.2. The van der Waals surface area contributed by atoms with Crippen LogP contribution < -0.4 is 5.32 Å². The number of aryl methyl sites for hydroxylation is 1. The fraction of sp³-hybridized carbons (Fsp3) is 0.867. The van der Waals surface area contributed by atoms with Crippen molar-refractivity contribution >= 4 is 0 Å². The zero-order valence-corrected chi connectivity index (χ0v) is 13.2. The largest absolute Gasteiger partial charge is 0.313 e. The Morgan fingerprint density at radius 1 is 1.32 bits per heavy atom. The molecular formula is C15H28N4. The molecule has 1 aromatic heterocycles. The Morgan fingerprint density at radius 2 is 1.95 bits per heavy atom. The lowest BCUT2D eigenvalue weighted by molar-refractivity contribution is 0.385. The monoisotopic (exact) mass is 264 g/mol. The summed E-state index contributed by atoms with van der Waals surface area (Å²) in [7, 11) is 1.97. The summed E-state index contributed by atoms with van der Waals surface area (Å²) in [5, 5.41) is 7.91. The lowest BCUT2D eigenvalue weighted by Crippen LogP contribution is -2.36. The summed E-state index contributed by atoms with van der Waals surface area (Å²) in [4.78, 5) is 4.38. The summed E-state index contributed by atoms with van der Waals surface area (Å²) in [5.74, 6) is 1.77. The van der Waals surface area contributed by atoms with Crippen LogP contribution in [0.25, 0.3) is 0 Å². The van der Waals surface area contributed by atoms with E-state index in [9.17, 15) is 0 Å². The molecule has 1 aliphatic rings. The molecule has 19 heavy (non-hydrogen) atoms. The van der Waals surface area contributed by atoms with E-state index in [1.54, 1.807) is 6.33 Å². The van der Waals surface area contributed by atoms with E-state index in [-0.39, 0.29) is 0 Å². The fourth-order valence-electron chi connectivity index (χ4n) is 3.59. The van der Waals surface area contributed by atoms with Crippen molar-refractivity contribution in [2.75, 3.05) is 6.54 Å². The van der Waals surface area contributed by atoms with E-state index in [4.69, 9.17) is 0 Å². The molecule has 0 bridgehead atoms. The topological polar surface area (TPSA) is 42.7 Å². The van der Waals surface area contributed by atoms with Gasteiger partial charge in [0, 0.05) is 19.5 Å². The number of aromatic nitrogens is 3. The maximum atomic E-state index is 4.38. The lowest BCUT2D eigenvalue weighted by Gasteiger charge is -2.20. The van der Waals surface area contributed by atoms with Gasteiger partial charge in [-0.05, 0) is 29.7 Å². The van der Waals surface area contributed by atoms with Gasteiger partial charge < -0.3 is 5.32 Å². The van der Waals surface area contributed by atoms with Crippen molar-refractivity contribution < 1.29 is 0 Å². The minimum absolute atomic E-state index is 0.400. The highest BCUT2D eigenvalue weighted by molar-refractivity contribution is 5.17.